The molecule has 0 bridgehead atoms. The van der Waals surface area contributed by atoms with E-state index in [2.05, 4.69) is 21.7 Å². The number of fused-ring (bicyclic) bond motifs is 1. The van der Waals surface area contributed by atoms with E-state index < -0.39 is 0 Å². The van der Waals surface area contributed by atoms with Crippen LogP contribution < -0.4 is 5.73 Å². The van der Waals surface area contributed by atoms with Crippen LogP contribution in [0.1, 0.15) is 6.42 Å². The zero-order valence-corrected chi connectivity index (χ0v) is 13.4. The smallest absolute Gasteiger partial charge is 0.188 e. The predicted molar refractivity (Wildman–Crippen MR) is 97.0 cm³/mol. The highest BCUT2D eigenvalue weighted by Crippen LogP contribution is 2.34. The fraction of sp³-hybridized carbons (Fsp3) is 0.250. The quantitative estimate of drug-likeness (QED) is 0.572. The van der Waals surface area contributed by atoms with Crippen LogP contribution in [-0.4, -0.2) is 17.8 Å². The molecule has 2 N–H and O–H groups in total. The van der Waals surface area contributed by atoms with Crippen molar-refractivity contribution in [1.29, 1.82) is 0 Å². The zero-order chi connectivity index (χ0) is 16.5. The first-order valence-electron chi connectivity index (χ1n) is 8.18. The summed E-state index contributed by atoms with van der Waals surface area (Å²) in [6, 6.07) is 13.8. The number of benzene rings is 2. The van der Waals surface area contributed by atoms with E-state index in [9.17, 15) is 0 Å². The average Bonchev–Trinajstić information content (AvgIpc) is 3.23. The number of nitrogens with two attached hydrogens (primary N) is 1. The van der Waals surface area contributed by atoms with Crippen LogP contribution in [0.5, 0.6) is 0 Å². The van der Waals surface area contributed by atoms with Crippen molar-refractivity contribution >= 4 is 22.3 Å². The van der Waals surface area contributed by atoms with E-state index in [1.54, 1.807) is 0 Å². The molecule has 0 radical (unpaired) electrons. The Bertz CT molecular complexity index is 930. The van der Waals surface area contributed by atoms with Crippen LogP contribution in [0.3, 0.4) is 0 Å². The van der Waals surface area contributed by atoms with Gasteiger partial charge in [-0.3, -0.25) is 0 Å². The van der Waals surface area contributed by atoms with Gasteiger partial charge in [0.05, 0.1) is 13.2 Å². The molecule has 0 aliphatic carbocycles. The van der Waals surface area contributed by atoms with Crippen molar-refractivity contribution in [2.75, 3.05) is 18.9 Å². The van der Waals surface area contributed by atoms with Gasteiger partial charge < -0.3 is 15.0 Å². The van der Waals surface area contributed by atoms with E-state index in [4.69, 9.17) is 17.0 Å². The first kappa shape index (κ1) is 14.8. The summed E-state index contributed by atoms with van der Waals surface area (Å²) in [4.78, 5) is 3.58. The molecule has 0 spiro atoms. The van der Waals surface area contributed by atoms with Gasteiger partial charge in [0.25, 0.3) is 0 Å². The molecule has 1 atom stereocenters. The van der Waals surface area contributed by atoms with Gasteiger partial charge in [0.1, 0.15) is 0 Å². The first-order chi connectivity index (χ1) is 11.7. The molecule has 24 heavy (non-hydrogen) atoms. The highest BCUT2D eigenvalue weighted by Gasteiger charge is 2.18. The van der Waals surface area contributed by atoms with Gasteiger partial charge in [0.15, 0.2) is 5.69 Å². The molecule has 3 aromatic rings. The van der Waals surface area contributed by atoms with E-state index in [1.807, 2.05) is 36.4 Å². The summed E-state index contributed by atoms with van der Waals surface area (Å²) >= 11 is 0. The first-order valence-corrected chi connectivity index (χ1v) is 8.18. The van der Waals surface area contributed by atoms with Crippen molar-refractivity contribution in [1.82, 2.24) is 4.57 Å². The van der Waals surface area contributed by atoms with Gasteiger partial charge in [0, 0.05) is 42.0 Å². The van der Waals surface area contributed by atoms with Crippen molar-refractivity contribution in [2.24, 2.45) is 5.92 Å². The van der Waals surface area contributed by atoms with Crippen molar-refractivity contribution in [3.63, 3.8) is 0 Å². The minimum Gasteiger partial charge on any atom is -0.399 e. The van der Waals surface area contributed by atoms with Crippen LogP contribution in [0.15, 0.2) is 48.7 Å². The zero-order valence-electron chi connectivity index (χ0n) is 13.4. The van der Waals surface area contributed by atoms with Crippen LogP contribution in [-0.2, 0) is 11.3 Å². The van der Waals surface area contributed by atoms with Gasteiger partial charge in [-0.2, -0.15) is 0 Å². The summed E-state index contributed by atoms with van der Waals surface area (Å²) in [6.07, 6.45) is 3.29. The van der Waals surface area contributed by atoms with E-state index in [0.717, 1.165) is 53.9 Å². The van der Waals surface area contributed by atoms with Crippen molar-refractivity contribution in [3.8, 4) is 11.1 Å². The average molecular weight is 317 g/mol. The van der Waals surface area contributed by atoms with Crippen LogP contribution in [0.25, 0.3) is 26.9 Å². The molecule has 1 unspecified atom stereocenters. The van der Waals surface area contributed by atoms with Gasteiger partial charge in [-0.1, -0.05) is 18.2 Å². The van der Waals surface area contributed by atoms with Gasteiger partial charge in [-0.25, -0.2) is 4.85 Å². The number of nitrogens with zero attached hydrogens (tertiary/aromatic N) is 2. The molecule has 1 fully saturated rings. The van der Waals surface area contributed by atoms with E-state index in [1.165, 1.54) is 0 Å². The van der Waals surface area contributed by atoms with Crippen LogP contribution in [0.2, 0.25) is 0 Å². The topological polar surface area (TPSA) is 44.5 Å². The summed E-state index contributed by atoms with van der Waals surface area (Å²) in [5.41, 5.74) is 10.7. The van der Waals surface area contributed by atoms with Gasteiger partial charge >= 0.3 is 0 Å². The Morgan fingerprint density at radius 2 is 2.17 bits per heavy atom. The molecule has 1 aliphatic heterocycles. The number of hydrogen-bond acceptors (Lipinski definition) is 2. The number of rotatable bonds is 3. The number of nitrogen functional groups attached to an aromatic ring is 1. The van der Waals surface area contributed by atoms with E-state index >= 15 is 0 Å². The molecule has 4 heteroatoms. The third-order valence-electron chi connectivity index (χ3n) is 4.67. The third-order valence-corrected chi connectivity index (χ3v) is 4.67. The minimum atomic E-state index is 0.551. The van der Waals surface area contributed by atoms with Crippen molar-refractivity contribution in [2.45, 2.75) is 13.0 Å². The van der Waals surface area contributed by atoms with Crippen LogP contribution in [0.4, 0.5) is 11.4 Å². The van der Waals surface area contributed by atoms with Crippen molar-refractivity contribution in [3.05, 3.63) is 60.1 Å². The Morgan fingerprint density at radius 1 is 1.25 bits per heavy atom. The van der Waals surface area contributed by atoms with Crippen molar-refractivity contribution < 1.29 is 4.74 Å². The SMILES string of the molecule is [C-]#[N+]c1ccc2c(c1)c(-c1cccc(N)c1)cn2CC1CCOC1. The Balaban J connectivity index is 1.86. The Kier molecular flexibility index (Phi) is 3.72. The molecule has 1 saturated heterocycles. The molecule has 1 aromatic heterocycles. The summed E-state index contributed by atoms with van der Waals surface area (Å²) in [5, 5.41) is 1.10. The lowest BCUT2D eigenvalue weighted by atomic mass is 10.0. The normalized spacial score (nSPS) is 17.2. The Morgan fingerprint density at radius 3 is 2.92 bits per heavy atom. The highest BCUT2D eigenvalue weighted by molar-refractivity contribution is 5.98. The summed E-state index contributed by atoms with van der Waals surface area (Å²) in [6.45, 7) is 9.92. The monoisotopic (exact) mass is 317 g/mol. The second-order valence-corrected chi connectivity index (χ2v) is 6.36. The molecule has 0 amide bonds. The predicted octanol–water partition coefficient (Wildman–Crippen LogP) is 4.48. The van der Waals surface area contributed by atoms with E-state index in [-0.39, 0.29) is 0 Å². The second kappa shape index (κ2) is 6.03. The van der Waals surface area contributed by atoms with Crippen LogP contribution in [0, 0.1) is 12.5 Å². The maximum absolute atomic E-state index is 7.30. The lowest BCUT2D eigenvalue weighted by Crippen LogP contribution is -2.09. The second-order valence-electron chi connectivity index (χ2n) is 6.36. The lowest BCUT2D eigenvalue weighted by Gasteiger charge is -2.10. The molecular weight excluding hydrogens is 298 g/mol. The van der Waals surface area contributed by atoms with E-state index in [0.29, 0.717) is 11.6 Å². The molecule has 120 valence electrons. The molecule has 2 aromatic carbocycles. The summed E-state index contributed by atoms with van der Waals surface area (Å²) in [5.74, 6) is 0.551. The Hall–Kier alpha value is -2.77. The number of ether oxygens (including phenoxy) is 1. The minimum absolute atomic E-state index is 0.551. The number of anilines is 1. The fourth-order valence-corrected chi connectivity index (χ4v) is 3.45. The van der Waals surface area contributed by atoms with Gasteiger partial charge in [0.2, 0.25) is 0 Å². The molecule has 4 nitrogen and oxygen atoms in total. The van der Waals surface area contributed by atoms with Gasteiger partial charge in [-0.05, 0) is 41.6 Å². The fourth-order valence-electron chi connectivity index (χ4n) is 3.45. The maximum Gasteiger partial charge on any atom is 0.188 e. The lowest BCUT2D eigenvalue weighted by molar-refractivity contribution is 0.183. The molecule has 4 rings (SSSR count). The number of hydrogen-bond donors (Lipinski definition) is 1. The third kappa shape index (κ3) is 2.64. The summed E-state index contributed by atoms with van der Waals surface area (Å²) in [7, 11) is 0. The number of aromatic nitrogens is 1. The van der Waals surface area contributed by atoms with Crippen LogP contribution >= 0.6 is 0 Å². The molecule has 2 heterocycles. The molecule has 0 saturated carbocycles. The maximum atomic E-state index is 7.30. The molecular formula is C20H19N3O. The molecule has 1 aliphatic rings. The summed E-state index contributed by atoms with van der Waals surface area (Å²) < 4.78 is 7.81. The highest BCUT2D eigenvalue weighted by atomic mass is 16.5. The Labute approximate surface area is 141 Å². The standard InChI is InChI=1S/C20H19N3O/c1-22-17-5-6-20-18(10-17)19(15-3-2-4-16(21)9-15)12-23(20)11-14-7-8-24-13-14/h2-6,9-10,12,14H,7-8,11,13,21H2. The largest absolute Gasteiger partial charge is 0.399 e. The van der Waals surface area contributed by atoms with Gasteiger partial charge in [-0.15, -0.1) is 0 Å².